The summed E-state index contributed by atoms with van der Waals surface area (Å²) >= 11 is 0. The van der Waals surface area contributed by atoms with Gasteiger partial charge in [0.1, 0.15) is 11.6 Å². The molecule has 248 valence electrons. The van der Waals surface area contributed by atoms with Crippen LogP contribution in [-0.2, 0) is 0 Å². The summed E-state index contributed by atoms with van der Waals surface area (Å²) in [5.74, 6) is 2.10. The van der Waals surface area contributed by atoms with E-state index in [2.05, 4.69) is 158 Å². The van der Waals surface area contributed by atoms with Gasteiger partial charge in [0.05, 0.1) is 33.4 Å². The molecule has 0 bridgehead atoms. The van der Waals surface area contributed by atoms with E-state index < -0.39 is 0 Å². The highest BCUT2D eigenvalue weighted by molar-refractivity contribution is 6.12. The van der Waals surface area contributed by atoms with E-state index in [4.69, 9.17) is 9.97 Å². The lowest BCUT2D eigenvalue weighted by Gasteiger charge is -2.20. The SMILES string of the molecule is Cc1ccc(-n2c3cc(C)ccc3c3ccc(C)cc32)c(-c2cc(-c3nc(C)nc(C)n3)ccc2-n2c3cc(C)ccc3c3ccc(C)cc32)c1. The Bertz CT molecular complexity index is 2750. The van der Waals surface area contributed by atoms with E-state index in [9.17, 15) is 0 Å². The summed E-state index contributed by atoms with van der Waals surface area (Å²) in [6.07, 6.45) is 0. The lowest BCUT2D eigenvalue weighted by Crippen LogP contribution is -2.04. The minimum absolute atomic E-state index is 0.680. The van der Waals surface area contributed by atoms with Gasteiger partial charge in [0.15, 0.2) is 5.82 Å². The quantitative estimate of drug-likeness (QED) is 0.189. The topological polar surface area (TPSA) is 48.5 Å². The molecule has 0 aliphatic heterocycles. The standard InChI is InChI=1S/C46H39N5/c1-26-12-18-40(50-42-21-27(2)8-14-34(42)35-15-9-28(3)22-43(35)50)38(20-26)39-25-33(46-48-31(6)47-32(7)49-46)13-19-41(39)51-44-23-29(4)10-16-36(44)37-17-11-30(5)24-45(37)51/h8-25H,1-7H3. The number of rotatable bonds is 4. The molecule has 0 spiro atoms. The van der Waals surface area contributed by atoms with E-state index in [0.717, 1.165) is 28.1 Å². The lowest BCUT2D eigenvalue weighted by molar-refractivity contribution is 0.928. The molecule has 0 radical (unpaired) electrons. The number of hydrogen-bond acceptors (Lipinski definition) is 3. The molecule has 5 nitrogen and oxygen atoms in total. The second-order valence-electron chi connectivity index (χ2n) is 14.3. The molecule has 0 unspecified atom stereocenters. The third kappa shape index (κ3) is 5.03. The fourth-order valence-corrected chi connectivity index (χ4v) is 7.89. The smallest absolute Gasteiger partial charge is 0.163 e. The first-order chi connectivity index (χ1) is 24.6. The van der Waals surface area contributed by atoms with Crippen molar-refractivity contribution < 1.29 is 0 Å². The van der Waals surface area contributed by atoms with E-state index in [0.29, 0.717) is 17.5 Å². The zero-order valence-electron chi connectivity index (χ0n) is 30.1. The molecule has 0 aliphatic rings. The molecule has 0 fully saturated rings. The van der Waals surface area contributed by atoms with Gasteiger partial charge in [0.2, 0.25) is 0 Å². The third-order valence-corrected chi connectivity index (χ3v) is 10.2. The van der Waals surface area contributed by atoms with Crippen LogP contribution in [0, 0.1) is 48.5 Å². The Morgan fingerprint density at radius 3 is 1.14 bits per heavy atom. The van der Waals surface area contributed by atoms with Crippen LogP contribution in [0.4, 0.5) is 0 Å². The van der Waals surface area contributed by atoms with Crippen LogP contribution < -0.4 is 0 Å². The van der Waals surface area contributed by atoms with Crippen LogP contribution in [0.2, 0.25) is 0 Å². The van der Waals surface area contributed by atoms with Gasteiger partial charge in [-0.25, -0.2) is 15.0 Å². The predicted molar refractivity (Wildman–Crippen MR) is 213 cm³/mol. The summed E-state index contributed by atoms with van der Waals surface area (Å²) in [5.41, 5.74) is 16.3. The van der Waals surface area contributed by atoms with E-state index >= 15 is 0 Å². The average molecular weight is 662 g/mol. The largest absolute Gasteiger partial charge is 0.309 e. The first-order valence-corrected chi connectivity index (χ1v) is 17.6. The van der Waals surface area contributed by atoms with Gasteiger partial charge in [-0.1, -0.05) is 60.2 Å². The summed E-state index contributed by atoms with van der Waals surface area (Å²) < 4.78 is 4.92. The molecule has 0 N–H and O–H groups in total. The highest BCUT2D eigenvalue weighted by Crippen LogP contribution is 2.42. The Kier molecular flexibility index (Phi) is 6.97. The Morgan fingerprint density at radius 2 is 0.706 bits per heavy atom. The van der Waals surface area contributed by atoms with Crippen molar-refractivity contribution in [2.75, 3.05) is 0 Å². The maximum Gasteiger partial charge on any atom is 0.163 e. The Balaban J connectivity index is 1.44. The molecule has 0 saturated heterocycles. The molecule has 0 amide bonds. The van der Waals surface area contributed by atoms with E-state index in [1.54, 1.807) is 0 Å². The minimum atomic E-state index is 0.680. The van der Waals surface area contributed by atoms with Crippen LogP contribution in [0.15, 0.2) is 109 Å². The molecular weight excluding hydrogens is 623 g/mol. The highest BCUT2D eigenvalue weighted by Gasteiger charge is 2.22. The third-order valence-electron chi connectivity index (χ3n) is 10.2. The first kappa shape index (κ1) is 30.9. The van der Waals surface area contributed by atoms with Gasteiger partial charge >= 0.3 is 0 Å². The maximum absolute atomic E-state index is 4.81. The van der Waals surface area contributed by atoms with Crippen molar-refractivity contribution in [1.82, 2.24) is 24.1 Å². The van der Waals surface area contributed by atoms with Crippen molar-refractivity contribution in [3.05, 3.63) is 149 Å². The van der Waals surface area contributed by atoms with Crippen LogP contribution in [0.25, 0.3) is 77.5 Å². The molecular formula is C46H39N5. The zero-order chi connectivity index (χ0) is 35.1. The van der Waals surface area contributed by atoms with Gasteiger partial charge in [0.25, 0.3) is 0 Å². The van der Waals surface area contributed by atoms with Gasteiger partial charge in [-0.05, 0) is 125 Å². The van der Waals surface area contributed by atoms with Gasteiger partial charge in [0, 0.05) is 38.2 Å². The normalized spacial score (nSPS) is 11.8. The average Bonchev–Trinajstić information content (AvgIpc) is 3.57. The molecule has 0 atom stereocenters. The van der Waals surface area contributed by atoms with Crippen molar-refractivity contribution >= 4 is 43.6 Å². The maximum atomic E-state index is 4.81. The molecule has 0 aliphatic carbocycles. The highest BCUT2D eigenvalue weighted by atomic mass is 15.0. The summed E-state index contributed by atoms with van der Waals surface area (Å²) in [6.45, 7) is 14.7. The molecule has 0 saturated carbocycles. The van der Waals surface area contributed by atoms with Crippen molar-refractivity contribution in [2.24, 2.45) is 0 Å². The fourth-order valence-electron chi connectivity index (χ4n) is 7.89. The monoisotopic (exact) mass is 661 g/mol. The first-order valence-electron chi connectivity index (χ1n) is 17.6. The molecule has 9 aromatic rings. The number of benzene rings is 6. The van der Waals surface area contributed by atoms with Gasteiger partial charge in [-0.15, -0.1) is 0 Å². The molecule has 5 heteroatoms. The van der Waals surface area contributed by atoms with E-state index in [-0.39, 0.29) is 0 Å². The molecule has 3 aromatic heterocycles. The summed E-state index contributed by atoms with van der Waals surface area (Å²) in [6, 6.07) is 40.8. The Hall–Kier alpha value is -6.07. The van der Waals surface area contributed by atoms with E-state index in [1.807, 2.05) is 13.8 Å². The zero-order valence-corrected chi connectivity index (χ0v) is 30.1. The van der Waals surface area contributed by atoms with Crippen molar-refractivity contribution in [3.8, 4) is 33.9 Å². The summed E-state index contributed by atoms with van der Waals surface area (Å²) in [7, 11) is 0. The number of nitrogens with zero attached hydrogens (tertiary/aromatic N) is 5. The van der Waals surface area contributed by atoms with Crippen LogP contribution in [0.5, 0.6) is 0 Å². The predicted octanol–water partition coefficient (Wildman–Crippen LogP) is 11.6. The van der Waals surface area contributed by atoms with Gasteiger partial charge < -0.3 is 9.13 Å². The summed E-state index contributed by atoms with van der Waals surface area (Å²) in [5, 5.41) is 4.99. The molecule has 6 aromatic carbocycles. The minimum Gasteiger partial charge on any atom is -0.309 e. The summed E-state index contributed by atoms with van der Waals surface area (Å²) in [4.78, 5) is 14.1. The second-order valence-corrected chi connectivity index (χ2v) is 14.3. The van der Waals surface area contributed by atoms with Crippen molar-refractivity contribution in [1.29, 1.82) is 0 Å². The van der Waals surface area contributed by atoms with Crippen LogP contribution in [0.1, 0.15) is 39.5 Å². The molecule has 51 heavy (non-hydrogen) atoms. The Morgan fingerprint density at radius 1 is 0.353 bits per heavy atom. The van der Waals surface area contributed by atoms with Gasteiger partial charge in [-0.2, -0.15) is 0 Å². The van der Waals surface area contributed by atoms with Crippen LogP contribution in [-0.4, -0.2) is 24.1 Å². The number of aromatic nitrogens is 5. The van der Waals surface area contributed by atoms with Crippen molar-refractivity contribution in [3.63, 3.8) is 0 Å². The molecule has 9 rings (SSSR count). The van der Waals surface area contributed by atoms with Gasteiger partial charge in [-0.3, -0.25) is 0 Å². The van der Waals surface area contributed by atoms with Crippen LogP contribution in [0.3, 0.4) is 0 Å². The second kappa shape index (κ2) is 11.5. The number of hydrogen-bond donors (Lipinski definition) is 0. The number of aryl methyl sites for hydroxylation is 7. The lowest BCUT2D eigenvalue weighted by atomic mass is 9.96. The van der Waals surface area contributed by atoms with E-state index in [1.165, 1.54) is 71.4 Å². The van der Waals surface area contributed by atoms with Crippen LogP contribution >= 0.6 is 0 Å². The Labute approximate surface area is 297 Å². The molecule has 3 heterocycles. The fraction of sp³-hybridized carbons (Fsp3) is 0.152. The number of fused-ring (bicyclic) bond motifs is 6. The van der Waals surface area contributed by atoms with Crippen molar-refractivity contribution in [2.45, 2.75) is 48.5 Å².